The monoisotopic (exact) mass is 435 g/mol. The van der Waals surface area contributed by atoms with Crippen molar-refractivity contribution in [3.63, 3.8) is 0 Å². The Morgan fingerprint density at radius 3 is 2.61 bits per heavy atom. The maximum Gasteiger partial charge on any atom is 0.255 e. The third kappa shape index (κ3) is 3.83. The van der Waals surface area contributed by atoms with E-state index < -0.39 is 0 Å². The fourth-order valence-electron chi connectivity index (χ4n) is 4.72. The molecule has 5 aromatic rings. The molecule has 6 rings (SSSR count). The first kappa shape index (κ1) is 19.9. The maximum absolute atomic E-state index is 13.0. The van der Waals surface area contributed by atoms with Gasteiger partial charge in [-0.2, -0.15) is 5.10 Å². The molecule has 1 saturated heterocycles. The Hall–Kier alpha value is -3.77. The SMILES string of the molecule is O=c1cc(-c2ccc3ccccc3n2)ccn1-c1ccc2c(cnn2CCN2CCCC2)c1. The topological polar surface area (TPSA) is 56.0 Å². The van der Waals surface area contributed by atoms with Crippen LogP contribution in [-0.2, 0) is 6.54 Å². The molecular weight excluding hydrogens is 410 g/mol. The summed E-state index contributed by atoms with van der Waals surface area (Å²) in [4.78, 5) is 20.2. The third-order valence-corrected chi connectivity index (χ3v) is 6.54. The van der Waals surface area contributed by atoms with Crippen LogP contribution in [-0.4, -0.2) is 43.9 Å². The van der Waals surface area contributed by atoms with Crippen molar-refractivity contribution in [3.8, 4) is 16.9 Å². The average molecular weight is 436 g/mol. The number of fused-ring (bicyclic) bond motifs is 2. The molecule has 1 fully saturated rings. The summed E-state index contributed by atoms with van der Waals surface area (Å²) >= 11 is 0. The summed E-state index contributed by atoms with van der Waals surface area (Å²) < 4.78 is 3.74. The Labute approximate surface area is 191 Å². The van der Waals surface area contributed by atoms with Crippen molar-refractivity contribution in [2.75, 3.05) is 19.6 Å². The van der Waals surface area contributed by atoms with Crippen LogP contribution >= 0.6 is 0 Å². The van der Waals surface area contributed by atoms with E-state index in [1.165, 1.54) is 25.9 Å². The highest BCUT2D eigenvalue weighted by atomic mass is 16.1. The normalized spacial score (nSPS) is 14.4. The molecule has 0 spiro atoms. The first-order valence-electron chi connectivity index (χ1n) is 11.5. The Balaban J connectivity index is 1.28. The standard InChI is InChI=1S/C27H25N5O/c33-27-18-21(25-9-7-20-5-1-2-6-24(20)29-25)11-14-31(27)23-8-10-26-22(17-23)19-28-32(26)16-15-30-12-3-4-13-30/h1-2,5-11,14,17-19H,3-4,12-13,15-16H2. The van der Waals surface area contributed by atoms with Gasteiger partial charge in [-0.05, 0) is 62.3 Å². The molecule has 6 heteroatoms. The molecule has 3 aromatic heterocycles. The van der Waals surface area contributed by atoms with Crippen LogP contribution in [0.4, 0.5) is 0 Å². The second kappa shape index (κ2) is 8.30. The zero-order valence-electron chi connectivity index (χ0n) is 18.4. The van der Waals surface area contributed by atoms with Crippen molar-refractivity contribution in [1.82, 2.24) is 24.2 Å². The van der Waals surface area contributed by atoms with E-state index in [9.17, 15) is 4.79 Å². The van der Waals surface area contributed by atoms with Gasteiger partial charge in [0.2, 0.25) is 0 Å². The Morgan fingerprint density at radius 1 is 0.848 bits per heavy atom. The largest absolute Gasteiger partial charge is 0.301 e. The lowest BCUT2D eigenvalue weighted by molar-refractivity contribution is 0.318. The van der Waals surface area contributed by atoms with Crippen LogP contribution in [0, 0.1) is 0 Å². The maximum atomic E-state index is 13.0. The summed E-state index contributed by atoms with van der Waals surface area (Å²) in [6, 6.07) is 21.7. The van der Waals surface area contributed by atoms with E-state index in [1.807, 2.05) is 67.0 Å². The van der Waals surface area contributed by atoms with Gasteiger partial charge in [0.15, 0.2) is 0 Å². The molecule has 0 aliphatic carbocycles. The molecule has 0 N–H and O–H groups in total. The number of hydrogen-bond acceptors (Lipinski definition) is 4. The summed E-state index contributed by atoms with van der Waals surface area (Å²) in [5.74, 6) is 0. The number of likely N-dealkylation sites (tertiary alicyclic amines) is 1. The predicted octanol–water partition coefficient (Wildman–Crippen LogP) is 4.50. The van der Waals surface area contributed by atoms with E-state index in [1.54, 1.807) is 10.6 Å². The third-order valence-electron chi connectivity index (χ3n) is 6.54. The fourth-order valence-corrected chi connectivity index (χ4v) is 4.72. The van der Waals surface area contributed by atoms with Crippen LogP contribution < -0.4 is 5.56 Å². The predicted molar refractivity (Wildman–Crippen MR) is 132 cm³/mol. The number of pyridine rings is 2. The summed E-state index contributed by atoms with van der Waals surface area (Å²) in [5, 5.41) is 6.72. The van der Waals surface area contributed by atoms with E-state index in [0.717, 1.165) is 51.8 Å². The first-order chi connectivity index (χ1) is 16.2. The summed E-state index contributed by atoms with van der Waals surface area (Å²) in [6.45, 7) is 4.30. The highest BCUT2D eigenvalue weighted by Crippen LogP contribution is 2.22. The van der Waals surface area contributed by atoms with Gasteiger partial charge in [0.1, 0.15) is 0 Å². The van der Waals surface area contributed by atoms with Gasteiger partial charge >= 0.3 is 0 Å². The van der Waals surface area contributed by atoms with Crippen molar-refractivity contribution < 1.29 is 0 Å². The van der Waals surface area contributed by atoms with E-state index in [4.69, 9.17) is 4.98 Å². The molecule has 0 amide bonds. The Bertz CT molecular complexity index is 1510. The number of para-hydroxylation sites is 1. The Morgan fingerprint density at radius 2 is 1.73 bits per heavy atom. The lowest BCUT2D eigenvalue weighted by atomic mass is 10.1. The minimum absolute atomic E-state index is 0.0803. The van der Waals surface area contributed by atoms with Crippen molar-refractivity contribution in [2.45, 2.75) is 19.4 Å². The van der Waals surface area contributed by atoms with Gasteiger partial charge in [-0.25, -0.2) is 4.98 Å². The minimum atomic E-state index is -0.0803. The molecule has 2 aromatic carbocycles. The molecule has 0 unspecified atom stereocenters. The Kier molecular flexibility index (Phi) is 5.00. The average Bonchev–Trinajstić information content (AvgIpc) is 3.52. The number of hydrogen-bond donors (Lipinski definition) is 0. The van der Waals surface area contributed by atoms with Gasteiger partial charge in [-0.15, -0.1) is 0 Å². The van der Waals surface area contributed by atoms with Gasteiger partial charge in [0.05, 0.1) is 29.5 Å². The molecule has 1 aliphatic heterocycles. The van der Waals surface area contributed by atoms with Crippen molar-refractivity contribution in [2.24, 2.45) is 0 Å². The molecule has 164 valence electrons. The van der Waals surface area contributed by atoms with Crippen molar-refractivity contribution >= 4 is 21.8 Å². The van der Waals surface area contributed by atoms with Gasteiger partial charge in [0, 0.05) is 40.8 Å². The summed E-state index contributed by atoms with van der Waals surface area (Å²) in [7, 11) is 0. The molecule has 0 atom stereocenters. The van der Waals surface area contributed by atoms with Crippen LogP contribution in [0.5, 0.6) is 0 Å². The number of rotatable bonds is 5. The van der Waals surface area contributed by atoms with Crippen LogP contribution in [0.2, 0.25) is 0 Å². The number of benzene rings is 2. The van der Waals surface area contributed by atoms with Crippen molar-refractivity contribution in [3.05, 3.63) is 89.5 Å². The summed E-state index contributed by atoms with van der Waals surface area (Å²) in [5.41, 5.74) is 4.40. The van der Waals surface area contributed by atoms with Crippen LogP contribution in [0.25, 0.3) is 38.8 Å². The zero-order valence-corrected chi connectivity index (χ0v) is 18.4. The number of aromatic nitrogens is 4. The van der Waals surface area contributed by atoms with Gasteiger partial charge in [0.25, 0.3) is 5.56 Å². The van der Waals surface area contributed by atoms with Crippen LogP contribution in [0.3, 0.4) is 0 Å². The fraction of sp³-hybridized carbons (Fsp3) is 0.222. The van der Waals surface area contributed by atoms with E-state index in [0.29, 0.717) is 0 Å². The van der Waals surface area contributed by atoms with E-state index in [2.05, 4.69) is 20.7 Å². The highest BCUT2D eigenvalue weighted by Gasteiger charge is 2.12. The molecule has 0 bridgehead atoms. The first-order valence-corrected chi connectivity index (χ1v) is 11.5. The van der Waals surface area contributed by atoms with Gasteiger partial charge in [-0.1, -0.05) is 24.3 Å². The zero-order chi connectivity index (χ0) is 22.2. The molecule has 6 nitrogen and oxygen atoms in total. The second-order valence-electron chi connectivity index (χ2n) is 8.67. The van der Waals surface area contributed by atoms with Crippen molar-refractivity contribution in [1.29, 1.82) is 0 Å². The molecule has 0 radical (unpaired) electrons. The van der Waals surface area contributed by atoms with Gasteiger partial charge in [-0.3, -0.25) is 14.0 Å². The molecule has 1 aliphatic rings. The highest BCUT2D eigenvalue weighted by molar-refractivity contribution is 5.82. The van der Waals surface area contributed by atoms with Gasteiger partial charge < -0.3 is 4.90 Å². The summed E-state index contributed by atoms with van der Waals surface area (Å²) in [6.07, 6.45) is 6.32. The molecule has 4 heterocycles. The lowest BCUT2D eigenvalue weighted by Crippen LogP contribution is -2.24. The molecule has 33 heavy (non-hydrogen) atoms. The lowest BCUT2D eigenvalue weighted by Gasteiger charge is -2.14. The van der Waals surface area contributed by atoms with E-state index >= 15 is 0 Å². The minimum Gasteiger partial charge on any atom is -0.301 e. The quantitative estimate of drug-likeness (QED) is 0.408. The van der Waals surface area contributed by atoms with E-state index in [-0.39, 0.29) is 5.56 Å². The van der Waals surface area contributed by atoms with Crippen LogP contribution in [0.15, 0.2) is 83.9 Å². The second-order valence-corrected chi connectivity index (χ2v) is 8.67. The smallest absolute Gasteiger partial charge is 0.255 e. The molecular formula is C27H25N5O. The molecule has 0 saturated carbocycles. The van der Waals surface area contributed by atoms with Crippen LogP contribution in [0.1, 0.15) is 12.8 Å². The number of nitrogens with zero attached hydrogens (tertiary/aromatic N) is 5.